The monoisotopic (exact) mass is 602 g/mol. The molecular formula is C25H27ClN8O8. The van der Waals surface area contributed by atoms with Gasteiger partial charge in [-0.2, -0.15) is 15.1 Å². The molecule has 0 spiro atoms. The standard InChI is InChI=1S/C25H27ClN8O8/c1-3-40-23(38)25(22-28-10-30-33-22,8-12-4-6-13(7-5-12)21(37)39-2)41-9-14-16(35)17(36)20(42-14)34-11-29-15-18(27)31-24(26)32-19(15)34/h4-7,11,14,16-17,20,35-36H,3,8-10H2,1-2H3,(H2,27,31,32)/t14-,16-,17-,20-,25?/m1/s1. The molecule has 1 aromatic carbocycles. The summed E-state index contributed by atoms with van der Waals surface area (Å²) in [6.07, 6.45) is -3.97. The Bertz CT molecular complexity index is 1550. The van der Waals surface area contributed by atoms with Gasteiger partial charge in [0.1, 0.15) is 23.8 Å². The number of azo groups is 1. The first-order valence-corrected chi connectivity index (χ1v) is 13.1. The number of carbonyl (C=O) groups is 2. The highest BCUT2D eigenvalue weighted by Gasteiger charge is 2.51. The summed E-state index contributed by atoms with van der Waals surface area (Å²) in [4.78, 5) is 41.7. The number of anilines is 1. The lowest BCUT2D eigenvalue weighted by Crippen LogP contribution is -2.53. The highest BCUT2D eigenvalue weighted by Crippen LogP contribution is 2.34. The maximum absolute atomic E-state index is 13.5. The van der Waals surface area contributed by atoms with Crippen molar-refractivity contribution in [2.24, 2.45) is 15.2 Å². The summed E-state index contributed by atoms with van der Waals surface area (Å²) in [5, 5.41) is 29.5. The number of ether oxygens (including phenoxy) is 4. The molecule has 0 bridgehead atoms. The SMILES string of the molecule is CCOC(=O)C(Cc1ccc(C(=O)OC)cc1)(OC[C@H]1O[C@@H](n2cnc3c(N)nc(Cl)nc32)[C@H](O)[C@@H]1O)C1=NCN=N1. The van der Waals surface area contributed by atoms with Crippen molar-refractivity contribution < 1.29 is 38.7 Å². The van der Waals surface area contributed by atoms with Gasteiger partial charge in [0, 0.05) is 6.42 Å². The highest BCUT2D eigenvalue weighted by molar-refractivity contribution is 6.28. The minimum atomic E-state index is -1.90. The van der Waals surface area contributed by atoms with Gasteiger partial charge in [-0.15, -0.1) is 5.11 Å². The van der Waals surface area contributed by atoms with E-state index in [4.69, 9.17) is 36.3 Å². The van der Waals surface area contributed by atoms with E-state index in [2.05, 4.69) is 30.2 Å². The zero-order valence-electron chi connectivity index (χ0n) is 22.5. The van der Waals surface area contributed by atoms with Crippen LogP contribution in [0.3, 0.4) is 0 Å². The Morgan fingerprint density at radius 2 is 1.98 bits per heavy atom. The van der Waals surface area contributed by atoms with Gasteiger partial charge < -0.3 is 34.9 Å². The second kappa shape index (κ2) is 12.0. The van der Waals surface area contributed by atoms with Gasteiger partial charge in [-0.3, -0.25) is 4.57 Å². The number of hydrogen-bond acceptors (Lipinski definition) is 15. The van der Waals surface area contributed by atoms with Gasteiger partial charge in [0.2, 0.25) is 10.9 Å². The van der Waals surface area contributed by atoms with Gasteiger partial charge in [-0.05, 0) is 36.2 Å². The molecule has 5 rings (SSSR count). The molecular weight excluding hydrogens is 576 g/mol. The second-order valence-electron chi connectivity index (χ2n) is 9.34. The van der Waals surface area contributed by atoms with Gasteiger partial charge >= 0.3 is 11.9 Å². The number of aliphatic imine (C=N–C) groups is 1. The van der Waals surface area contributed by atoms with E-state index in [1.165, 1.54) is 30.1 Å². The Morgan fingerprint density at radius 3 is 2.64 bits per heavy atom. The molecule has 2 aromatic heterocycles. The third kappa shape index (κ3) is 5.41. The van der Waals surface area contributed by atoms with Gasteiger partial charge in [-0.25, -0.2) is 19.6 Å². The summed E-state index contributed by atoms with van der Waals surface area (Å²) in [6, 6.07) is 6.33. The Kier molecular flexibility index (Phi) is 8.42. The van der Waals surface area contributed by atoms with E-state index in [9.17, 15) is 19.8 Å². The molecule has 42 heavy (non-hydrogen) atoms. The van der Waals surface area contributed by atoms with Crippen LogP contribution in [0, 0.1) is 0 Å². The number of fused-ring (bicyclic) bond motifs is 1. The van der Waals surface area contributed by atoms with Crippen LogP contribution in [0.2, 0.25) is 5.28 Å². The van der Waals surface area contributed by atoms with E-state index in [1.807, 2.05) is 0 Å². The lowest BCUT2D eigenvalue weighted by molar-refractivity contribution is -0.168. The van der Waals surface area contributed by atoms with Gasteiger partial charge in [-0.1, -0.05) is 12.1 Å². The fraction of sp³-hybridized carbons (Fsp3) is 0.440. The molecule has 222 valence electrons. The lowest BCUT2D eigenvalue weighted by Gasteiger charge is -2.31. The van der Waals surface area contributed by atoms with Crippen LogP contribution in [-0.4, -0.2) is 98.4 Å². The Morgan fingerprint density at radius 1 is 1.21 bits per heavy atom. The zero-order chi connectivity index (χ0) is 30.0. The number of aromatic nitrogens is 4. The van der Waals surface area contributed by atoms with Crippen LogP contribution in [0.15, 0.2) is 45.8 Å². The molecule has 17 heteroatoms. The van der Waals surface area contributed by atoms with Gasteiger partial charge in [0.05, 0.1) is 32.2 Å². The number of nitrogens with zero attached hydrogens (tertiary/aromatic N) is 7. The minimum Gasteiger partial charge on any atom is -0.465 e. The van der Waals surface area contributed by atoms with Gasteiger partial charge in [0.15, 0.2) is 30.2 Å². The van der Waals surface area contributed by atoms with Crippen LogP contribution in [0.25, 0.3) is 11.2 Å². The van der Waals surface area contributed by atoms with Crippen LogP contribution >= 0.6 is 11.6 Å². The van der Waals surface area contributed by atoms with E-state index < -0.39 is 48.7 Å². The predicted octanol–water partition coefficient (Wildman–Crippen LogP) is 0.851. The Hall–Kier alpha value is -4.09. The van der Waals surface area contributed by atoms with Crippen LogP contribution in [0.1, 0.15) is 29.1 Å². The molecule has 3 aromatic rings. The number of amidine groups is 1. The number of hydrogen-bond donors (Lipinski definition) is 3. The predicted molar refractivity (Wildman–Crippen MR) is 145 cm³/mol. The summed E-state index contributed by atoms with van der Waals surface area (Å²) in [5.41, 5.74) is 5.28. The lowest BCUT2D eigenvalue weighted by atomic mass is 9.92. The van der Waals surface area contributed by atoms with Crippen LogP contribution < -0.4 is 5.73 Å². The molecule has 0 radical (unpaired) electrons. The molecule has 1 saturated heterocycles. The molecule has 1 fully saturated rings. The minimum absolute atomic E-state index is 0.0221. The normalized spacial score (nSPS) is 23.1. The third-order valence-electron chi connectivity index (χ3n) is 6.77. The van der Waals surface area contributed by atoms with Crippen molar-refractivity contribution in [2.75, 3.05) is 32.7 Å². The fourth-order valence-electron chi connectivity index (χ4n) is 4.68. The number of benzene rings is 1. The maximum Gasteiger partial charge on any atom is 0.346 e. The number of aliphatic hydroxyl groups is 2. The van der Waals surface area contributed by atoms with Crippen molar-refractivity contribution in [2.45, 2.75) is 43.5 Å². The Balaban J connectivity index is 1.43. The molecule has 0 amide bonds. The highest BCUT2D eigenvalue weighted by atomic mass is 35.5. The first kappa shape index (κ1) is 29.4. The van der Waals surface area contributed by atoms with E-state index in [0.717, 1.165) is 0 Å². The van der Waals surface area contributed by atoms with Crippen molar-refractivity contribution in [1.29, 1.82) is 0 Å². The van der Waals surface area contributed by atoms with Crippen molar-refractivity contribution >= 4 is 46.4 Å². The number of methoxy groups -OCH3 is 1. The molecule has 2 aliphatic heterocycles. The summed E-state index contributed by atoms with van der Waals surface area (Å²) >= 11 is 5.96. The second-order valence-corrected chi connectivity index (χ2v) is 9.67. The first-order chi connectivity index (χ1) is 20.2. The molecule has 1 unspecified atom stereocenters. The molecule has 4 N–H and O–H groups in total. The van der Waals surface area contributed by atoms with Crippen molar-refractivity contribution in [1.82, 2.24) is 19.5 Å². The number of carbonyl (C=O) groups excluding carboxylic acids is 2. The average molecular weight is 603 g/mol. The summed E-state index contributed by atoms with van der Waals surface area (Å²) in [6.45, 7) is 1.24. The topological polar surface area (TPSA) is 218 Å². The average Bonchev–Trinajstić information content (AvgIpc) is 3.72. The molecule has 0 aliphatic carbocycles. The number of aliphatic hydroxyl groups excluding tert-OH is 2. The van der Waals surface area contributed by atoms with E-state index in [0.29, 0.717) is 11.1 Å². The van der Waals surface area contributed by atoms with E-state index in [1.54, 1.807) is 19.1 Å². The van der Waals surface area contributed by atoms with Gasteiger partial charge in [0.25, 0.3) is 0 Å². The Labute approximate surface area is 243 Å². The van der Waals surface area contributed by atoms with Crippen molar-refractivity contribution in [3.63, 3.8) is 0 Å². The number of rotatable bonds is 10. The number of nitrogens with two attached hydrogens (primary N) is 1. The summed E-state index contributed by atoms with van der Waals surface area (Å²) < 4.78 is 23.6. The zero-order valence-corrected chi connectivity index (χ0v) is 23.2. The molecule has 4 heterocycles. The van der Waals surface area contributed by atoms with E-state index in [-0.39, 0.29) is 47.8 Å². The number of halogens is 1. The maximum atomic E-state index is 13.5. The summed E-state index contributed by atoms with van der Waals surface area (Å²) in [5.74, 6) is -1.33. The largest absolute Gasteiger partial charge is 0.465 e. The summed E-state index contributed by atoms with van der Waals surface area (Å²) in [7, 11) is 1.27. The van der Waals surface area contributed by atoms with Crippen molar-refractivity contribution in [3.8, 4) is 0 Å². The third-order valence-corrected chi connectivity index (χ3v) is 6.94. The fourth-order valence-corrected chi connectivity index (χ4v) is 4.86. The number of nitrogen functional groups attached to an aromatic ring is 1. The quantitative estimate of drug-likeness (QED) is 0.217. The van der Waals surface area contributed by atoms with Crippen LogP contribution in [0.5, 0.6) is 0 Å². The van der Waals surface area contributed by atoms with E-state index >= 15 is 0 Å². The smallest absolute Gasteiger partial charge is 0.346 e. The van der Waals surface area contributed by atoms with Crippen LogP contribution in [-0.2, 0) is 30.2 Å². The molecule has 2 aliphatic rings. The number of imidazole rings is 1. The molecule has 0 saturated carbocycles. The number of esters is 2. The van der Waals surface area contributed by atoms with Crippen LogP contribution in [0.4, 0.5) is 5.82 Å². The molecule has 5 atom stereocenters. The molecule has 16 nitrogen and oxygen atoms in total. The first-order valence-electron chi connectivity index (χ1n) is 12.8. The van der Waals surface area contributed by atoms with Crippen molar-refractivity contribution in [3.05, 3.63) is 47.0 Å².